The molecule has 21 heavy (non-hydrogen) atoms. The van der Waals surface area contributed by atoms with Gasteiger partial charge in [0.1, 0.15) is 5.82 Å². The van der Waals surface area contributed by atoms with Crippen molar-refractivity contribution in [2.45, 2.75) is 13.1 Å². The Morgan fingerprint density at radius 3 is 2.57 bits per heavy atom. The van der Waals surface area contributed by atoms with E-state index in [0.717, 1.165) is 15.6 Å². The summed E-state index contributed by atoms with van der Waals surface area (Å²) in [4.78, 5) is 10.4. The standard InChI is InChI=1S/C14H11Br2FN2O2/c15-12-5-4-11(17)6-10(12)8-18-7-9-2-1-3-13(14(9)16)19(20)21/h1-6,18H,7-8H2. The lowest BCUT2D eigenvalue weighted by atomic mass is 10.2. The largest absolute Gasteiger partial charge is 0.309 e. The highest BCUT2D eigenvalue weighted by Gasteiger charge is 2.14. The van der Waals surface area contributed by atoms with Crippen molar-refractivity contribution < 1.29 is 9.31 Å². The fourth-order valence-corrected chi connectivity index (χ4v) is 2.79. The second kappa shape index (κ2) is 7.11. The summed E-state index contributed by atoms with van der Waals surface area (Å²) in [5.74, 6) is -0.300. The topological polar surface area (TPSA) is 55.2 Å². The second-order valence-electron chi connectivity index (χ2n) is 4.35. The molecule has 2 rings (SSSR count). The molecule has 0 aliphatic heterocycles. The van der Waals surface area contributed by atoms with E-state index >= 15 is 0 Å². The Morgan fingerprint density at radius 2 is 1.86 bits per heavy atom. The molecule has 0 heterocycles. The normalized spacial score (nSPS) is 10.6. The van der Waals surface area contributed by atoms with Gasteiger partial charge in [0.25, 0.3) is 5.69 Å². The van der Waals surface area contributed by atoms with E-state index in [4.69, 9.17) is 0 Å². The van der Waals surface area contributed by atoms with Gasteiger partial charge in [-0.2, -0.15) is 0 Å². The first-order valence-electron chi connectivity index (χ1n) is 6.05. The lowest BCUT2D eigenvalue weighted by Gasteiger charge is -2.09. The zero-order valence-electron chi connectivity index (χ0n) is 10.8. The minimum Gasteiger partial charge on any atom is -0.309 e. The van der Waals surface area contributed by atoms with Gasteiger partial charge in [0.05, 0.1) is 9.40 Å². The highest BCUT2D eigenvalue weighted by Crippen LogP contribution is 2.28. The van der Waals surface area contributed by atoms with E-state index in [9.17, 15) is 14.5 Å². The number of nitro benzene ring substituents is 1. The van der Waals surface area contributed by atoms with Crippen LogP contribution in [0.1, 0.15) is 11.1 Å². The van der Waals surface area contributed by atoms with Crippen LogP contribution in [-0.2, 0) is 13.1 Å². The fourth-order valence-electron chi connectivity index (χ4n) is 1.85. The van der Waals surface area contributed by atoms with E-state index in [1.54, 1.807) is 18.2 Å². The van der Waals surface area contributed by atoms with Crippen molar-refractivity contribution in [3.8, 4) is 0 Å². The van der Waals surface area contributed by atoms with Crippen molar-refractivity contribution in [3.05, 3.63) is 72.4 Å². The molecule has 0 atom stereocenters. The van der Waals surface area contributed by atoms with Gasteiger partial charge in [-0.15, -0.1) is 0 Å². The number of rotatable bonds is 5. The van der Waals surface area contributed by atoms with Crippen molar-refractivity contribution in [1.29, 1.82) is 0 Å². The molecule has 0 spiro atoms. The number of hydrogen-bond acceptors (Lipinski definition) is 3. The quantitative estimate of drug-likeness (QED) is 0.573. The smallest absolute Gasteiger partial charge is 0.283 e. The van der Waals surface area contributed by atoms with E-state index in [1.807, 2.05) is 0 Å². The summed E-state index contributed by atoms with van der Waals surface area (Å²) in [6, 6.07) is 9.35. The monoisotopic (exact) mass is 416 g/mol. The van der Waals surface area contributed by atoms with Crippen molar-refractivity contribution in [1.82, 2.24) is 5.32 Å². The molecule has 0 unspecified atom stereocenters. The molecule has 0 aliphatic carbocycles. The molecule has 0 saturated carbocycles. The molecule has 1 N–H and O–H groups in total. The van der Waals surface area contributed by atoms with Crippen molar-refractivity contribution in [3.63, 3.8) is 0 Å². The number of nitro groups is 1. The molecule has 0 bridgehead atoms. The lowest BCUT2D eigenvalue weighted by molar-refractivity contribution is -0.385. The zero-order valence-corrected chi connectivity index (χ0v) is 13.9. The third-order valence-corrected chi connectivity index (χ3v) is 4.58. The van der Waals surface area contributed by atoms with Crippen LogP contribution in [0.5, 0.6) is 0 Å². The molecule has 0 aromatic heterocycles. The molecular formula is C14H11Br2FN2O2. The predicted molar refractivity (Wildman–Crippen MR) is 85.4 cm³/mol. The van der Waals surface area contributed by atoms with E-state index in [2.05, 4.69) is 37.2 Å². The number of benzene rings is 2. The second-order valence-corrected chi connectivity index (χ2v) is 5.99. The first-order valence-corrected chi connectivity index (χ1v) is 7.64. The number of halogens is 3. The summed E-state index contributed by atoms with van der Waals surface area (Å²) in [5.41, 5.74) is 1.59. The zero-order chi connectivity index (χ0) is 15.4. The third-order valence-electron chi connectivity index (χ3n) is 2.89. The van der Waals surface area contributed by atoms with Gasteiger partial charge in [0.2, 0.25) is 0 Å². The molecule has 0 radical (unpaired) electrons. The van der Waals surface area contributed by atoms with Gasteiger partial charge in [-0.1, -0.05) is 28.1 Å². The Morgan fingerprint density at radius 1 is 1.14 bits per heavy atom. The van der Waals surface area contributed by atoms with Crippen LogP contribution < -0.4 is 5.32 Å². The minimum atomic E-state index is -0.434. The molecule has 110 valence electrons. The fraction of sp³-hybridized carbons (Fsp3) is 0.143. The number of hydrogen-bond donors (Lipinski definition) is 1. The van der Waals surface area contributed by atoms with Crippen molar-refractivity contribution >= 4 is 37.5 Å². The van der Waals surface area contributed by atoms with Crippen LogP contribution in [0, 0.1) is 15.9 Å². The van der Waals surface area contributed by atoms with Crippen molar-refractivity contribution in [2.24, 2.45) is 0 Å². The average molecular weight is 418 g/mol. The van der Waals surface area contributed by atoms with E-state index in [-0.39, 0.29) is 11.5 Å². The van der Waals surface area contributed by atoms with Crippen LogP contribution in [0.4, 0.5) is 10.1 Å². The summed E-state index contributed by atoms with van der Waals surface area (Å²) in [6.07, 6.45) is 0. The van der Waals surface area contributed by atoms with Gasteiger partial charge in [0, 0.05) is 23.6 Å². The number of nitrogens with zero attached hydrogens (tertiary/aromatic N) is 1. The molecule has 0 amide bonds. The summed E-state index contributed by atoms with van der Waals surface area (Å²) in [6.45, 7) is 0.888. The van der Waals surface area contributed by atoms with Gasteiger partial charge in [-0.05, 0) is 45.3 Å². The summed E-state index contributed by atoms with van der Waals surface area (Å²) < 4.78 is 14.4. The lowest BCUT2D eigenvalue weighted by Crippen LogP contribution is -2.14. The van der Waals surface area contributed by atoms with Gasteiger partial charge >= 0.3 is 0 Å². The Bertz CT molecular complexity index is 680. The Labute approximate surface area is 137 Å². The summed E-state index contributed by atoms with van der Waals surface area (Å²) >= 11 is 6.60. The summed E-state index contributed by atoms with van der Waals surface area (Å²) in [7, 11) is 0. The maximum Gasteiger partial charge on any atom is 0.283 e. The molecule has 2 aromatic rings. The Hall–Kier alpha value is -1.31. The van der Waals surface area contributed by atoms with Gasteiger partial charge in [0.15, 0.2) is 0 Å². The van der Waals surface area contributed by atoms with Crippen LogP contribution in [0.3, 0.4) is 0 Å². The van der Waals surface area contributed by atoms with Crippen LogP contribution in [0.25, 0.3) is 0 Å². The van der Waals surface area contributed by atoms with E-state index in [0.29, 0.717) is 17.6 Å². The molecular weight excluding hydrogens is 407 g/mol. The molecule has 2 aromatic carbocycles. The van der Waals surface area contributed by atoms with Crippen molar-refractivity contribution in [2.75, 3.05) is 0 Å². The minimum absolute atomic E-state index is 0.0289. The Balaban J connectivity index is 2.05. The third kappa shape index (κ3) is 4.09. The van der Waals surface area contributed by atoms with Gasteiger partial charge < -0.3 is 5.32 Å². The highest BCUT2D eigenvalue weighted by atomic mass is 79.9. The maximum absolute atomic E-state index is 13.2. The average Bonchev–Trinajstić information content (AvgIpc) is 2.44. The van der Waals surface area contributed by atoms with Gasteiger partial charge in [-0.3, -0.25) is 10.1 Å². The number of nitrogens with one attached hydrogen (secondary N) is 1. The molecule has 7 heteroatoms. The Kier molecular flexibility index (Phi) is 5.44. The maximum atomic E-state index is 13.2. The van der Waals surface area contributed by atoms with Crippen LogP contribution in [0.2, 0.25) is 0 Å². The highest BCUT2D eigenvalue weighted by molar-refractivity contribution is 9.11. The molecule has 0 fully saturated rings. The SMILES string of the molecule is O=[N+]([O-])c1cccc(CNCc2cc(F)ccc2Br)c1Br. The molecule has 0 saturated heterocycles. The van der Waals surface area contributed by atoms with Gasteiger partial charge in [-0.25, -0.2) is 4.39 Å². The van der Waals surface area contributed by atoms with Crippen LogP contribution in [-0.4, -0.2) is 4.92 Å². The molecule has 0 aliphatic rings. The van der Waals surface area contributed by atoms with E-state index in [1.165, 1.54) is 18.2 Å². The van der Waals surface area contributed by atoms with Crippen LogP contribution in [0.15, 0.2) is 45.3 Å². The molecule has 4 nitrogen and oxygen atoms in total. The van der Waals surface area contributed by atoms with E-state index < -0.39 is 4.92 Å². The first kappa shape index (κ1) is 16.1. The first-order chi connectivity index (χ1) is 9.99. The predicted octanol–water partition coefficient (Wildman–Crippen LogP) is 4.55. The van der Waals surface area contributed by atoms with Crippen LogP contribution >= 0.6 is 31.9 Å². The summed E-state index contributed by atoms with van der Waals surface area (Å²) in [5, 5.41) is 14.0.